The molecule has 1 fully saturated rings. The number of amides is 1. The van der Waals surface area contributed by atoms with Crippen LogP contribution in [0.1, 0.15) is 79.0 Å². The Kier molecular flexibility index (Phi) is 9.50. The molecule has 3 heterocycles. The number of pyridine rings is 1. The van der Waals surface area contributed by atoms with Crippen molar-refractivity contribution >= 4 is 28.5 Å². The normalized spacial score (nSPS) is 17.3. The molecule has 1 N–H and O–H groups in total. The number of nitrogens with zero attached hydrogens (tertiary/aromatic N) is 3. The van der Waals surface area contributed by atoms with Crippen LogP contribution in [0, 0.1) is 23.0 Å². The average molecular weight is 707 g/mol. The Morgan fingerprint density at radius 2 is 1.63 bits per heavy atom. The lowest BCUT2D eigenvalue weighted by Crippen LogP contribution is -2.39. The number of allylic oxidation sites excluding steroid dienone is 1. The van der Waals surface area contributed by atoms with E-state index < -0.39 is 11.6 Å². The fourth-order valence-corrected chi connectivity index (χ4v) is 7.63. The van der Waals surface area contributed by atoms with E-state index in [2.05, 4.69) is 36.8 Å². The molecule has 8 nitrogen and oxygen atoms in total. The highest BCUT2D eigenvalue weighted by Crippen LogP contribution is 2.46. The lowest BCUT2D eigenvalue weighted by atomic mass is 9.68. The van der Waals surface area contributed by atoms with Gasteiger partial charge in [-0.1, -0.05) is 39.0 Å². The van der Waals surface area contributed by atoms with Gasteiger partial charge in [0.1, 0.15) is 5.82 Å². The van der Waals surface area contributed by atoms with Crippen LogP contribution < -0.4 is 14.2 Å². The first-order chi connectivity index (χ1) is 25.0. The van der Waals surface area contributed by atoms with Crippen molar-refractivity contribution in [2.45, 2.75) is 52.4 Å². The number of H-pyrrole nitrogens is 1. The first kappa shape index (κ1) is 35.2. The quantitative estimate of drug-likeness (QED) is 0.182. The number of ether oxygens (including phenoxy) is 3. The highest BCUT2D eigenvalue weighted by Gasteiger charge is 2.37. The molecule has 10 heteroatoms. The Bertz CT molecular complexity index is 2150. The zero-order valence-corrected chi connectivity index (χ0v) is 30.5. The van der Waals surface area contributed by atoms with Gasteiger partial charge in [0.05, 0.1) is 50.0 Å². The van der Waals surface area contributed by atoms with Gasteiger partial charge in [-0.25, -0.2) is 18.7 Å². The minimum absolute atomic E-state index is 0.0110. The number of halogens is 2. The van der Waals surface area contributed by atoms with E-state index in [9.17, 15) is 13.6 Å². The molecule has 1 saturated heterocycles. The molecular formula is C42H44F2N4O4. The fourth-order valence-electron chi connectivity index (χ4n) is 7.63. The van der Waals surface area contributed by atoms with Crippen LogP contribution in [0.2, 0.25) is 0 Å². The molecule has 1 unspecified atom stereocenters. The van der Waals surface area contributed by atoms with E-state index >= 15 is 0 Å². The van der Waals surface area contributed by atoms with E-state index in [0.29, 0.717) is 41.6 Å². The summed E-state index contributed by atoms with van der Waals surface area (Å²) in [6.07, 6.45) is 6.77. The predicted octanol–water partition coefficient (Wildman–Crippen LogP) is 9.10. The molecule has 270 valence electrons. The molecule has 2 aromatic heterocycles. The molecule has 1 atom stereocenters. The van der Waals surface area contributed by atoms with Crippen LogP contribution in [-0.2, 0) is 6.42 Å². The van der Waals surface area contributed by atoms with Crippen LogP contribution in [0.15, 0.2) is 60.8 Å². The van der Waals surface area contributed by atoms with E-state index in [0.717, 1.165) is 76.4 Å². The largest absolute Gasteiger partial charge is 0.493 e. The number of hydrogen-bond donors (Lipinski definition) is 1. The molecule has 1 aliphatic heterocycles. The number of nitrogens with one attached hydrogen (secondary N) is 1. The van der Waals surface area contributed by atoms with Crippen molar-refractivity contribution in [2.75, 3.05) is 34.4 Å². The van der Waals surface area contributed by atoms with Gasteiger partial charge in [0.2, 0.25) is 5.75 Å². The second-order valence-corrected chi connectivity index (χ2v) is 14.8. The van der Waals surface area contributed by atoms with Gasteiger partial charge in [0.25, 0.3) is 5.91 Å². The summed E-state index contributed by atoms with van der Waals surface area (Å²) < 4.78 is 44.3. The van der Waals surface area contributed by atoms with Gasteiger partial charge in [0, 0.05) is 30.0 Å². The zero-order valence-electron chi connectivity index (χ0n) is 30.5. The Hall–Kier alpha value is -5.25. The lowest BCUT2D eigenvalue weighted by molar-refractivity contribution is 0.0711. The summed E-state index contributed by atoms with van der Waals surface area (Å²) in [5.41, 5.74) is 6.43. The summed E-state index contributed by atoms with van der Waals surface area (Å²) in [5.74, 6) is 1.04. The van der Waals surface area contributed by atoms with E-state index in [4.69, 9.17) is 19.2 Å². The maximum Gasteiger partial charge on any atom is 0.254 e. The number of aromatic nitrogens is 3. The van der Waals surface area contributed by atoms with E-state index in [1.807, 2.05) is 41.3 Å². The van der Waals surface area contributed by atoms with Crippen molar-refractivity contribution in [2.24, 2.45) is 11.3 Å². The number of benzene rings is 3. The second-order valence-electron chi connectivity index (χ2n) is 14.8. The summed E-state index contributed by atoms with van der Waals surface area (Å²) in [6, 6.07) is 15.6. The number of para-hydroxylation sites is 1. The fraction of sp³-hybridized carbons (Fsp3) is 0.357. The van der Waals surface area contributed by atoms with Crippen molar-refractivity contribution < 1.29 is 27.8 Å². The van der Waals surface area contributed by atoms with Crippen LogP contribution in [0.25, 0.3) is 33.8 Å². The third-order valence-electron chi connectivity index (χ3n) is 10.7. The standard InChI is InChI=1S/C42H44F2N4O4/c1-42(2,3)28-20-27(17-24-18-35(50-4)39(52-6)36(19-24)51-5)38-30(22-28)37(29-9-7-8-10-33(29)46-38)41(49)48-15-13-25(14-16-48)40-45-23-34(47-40)26-11-12-31(43)32(44)21-26/h7-12,17-19,21,23,25,28H,13-16,20,22H2,1-6H3,(H,45,47)/b27-17-. The number of carbonyl (C=O) groups excluding carboxylic acids is 1. The second kappa shape index (κ2) is 14.1. The molecular weight excluding hydrogens is 662 g/mol. The van der Waals surface area contributed by atoms with Gasteiger partial charge in [-0.05, 0) is 96.2 Å². The highest BCUT2D eigenvalue weighted by atomic mass is 19.2. The Morgan fingerprint density at radius 3 is 2.29 bits per heavy atom. The van der Waals surface area contributed by atoms with E-state index in [1.165, 1.54) is 12.1 Å². The van der Waals surface area contributed by atoms with Crippen molar-refractivity contribution in [3.05, 3.63) is 101 Å². The maximum atomic E-state index is 14.8. The van der Waals surface area contributed by atoms with Crippen LogP contribution in [0.4, 0.5) is 8.78 Å². The monoisotopic (exact) mass is 706 g/mol. The van der Waals surface area contributed by atoms with Crippen molar-refractivity contribution in [1.82, 2.24) is 19.9 Å². The van der Waals surface area contributed by atoms with Gasteiger partial charge in [-0.3, -0.25) is 4.79 Å². The minimum atomic E-state index is -0.899. The number of rotatable bonds is 7. The molecule has 5 aromatic rings. The number of imidazole rings is 1. The smallest absolute Gasteiger partial charge is 0.254 e. The lowest BCUT2D eigenvalue weighted by Gasteiger charge is -2.38. The third kappa shape index (κ3) is 6.62. The number of carbonyl (C=O) groups is 1. The average Bonchev–Trinajstić information content (AvgIpc) is 3.64. The van der Waals surface area contributed by atoms with Crippen molar-refractivity contribution in [3.63, 3.8) is 0 Å². The summed E-state index contributed by atoms with van der Waals surface area (Å²) in [5, 5.41) is 0.859. The molecule has 2 aliphatic rings. The number of hydrogen-bond acceptors (Lipinski definition) is 6. The van der Waals surface area contributed by atoms with Gasteiger partial charge < -0.3 is 24.1 Å². The van der Waals surface area contributed by atoms with Gasteiger partial charge >= 0.3 is 0 Å². The van der Waals surface area contributed by atoms with Crippen LogP contribution in [-0.4, -0.2) is 60.2 Å². The summed E-state index contributed by atoms with van der Waals surface area (Å²) in [6.45, 7) is 7.90. The van der Waals surface area contributed by atoms with Crippen molar-refractivity contribution in [1.29, 1.82) is 0 Å². The maximum absolute atomic E-state index is 14.8. The molecule has 0 saturated carbocycles. The highest BCUT2D eigenvalue weighted by molar-refractivity contribution is 6.09. The summed E-state index contributed by atoms with van der Waals surface area (Å²) in [7, 11) is 4.80. The van der Waals surface area contributed by atoms with Crippen LogP contribution in [0.3, 0.4) is 0 Å². The van der Waals surface area contributed by atoms with E-state index in [1.54, 1.807) is 27.5 Å². The molecule has 0 bridgehead atoms. The Labute approximate surface area is 302 Å². The molecule has 7 rings (SSSR count). The summed E-state index contributed by atoms with van der Waals surface area (Å²) in [4.78, 5) is 29.9. The molecule has 1 aliphatic carbocycles. The van der Waals surface area contributed by atoms with Gasteiger partial charge in [-0.15, -0.1) is 0 Å². The zero-order chi connectivity index (χ0) is 36.7. The topological polar surface area (TPSA) is 89.6 Å². The molecule has 52 heavy (non-hydrogen) atoms. The Morgan fingerprint density at radius 1 is 0.923 bits per heavy atom. The predicted molar refractivity (Wildman–Crippen MR) is 199 cm³/mol. The van der Waals surface area contributed by atoms with Crippen LogP contribution >= 0.6 is 0 Å². The van der Waals surface area contributed by atoms with Crippen LogP contribution in [0.5, 0.6) is 17.2 Å². The number of piperidine rings is 1. The summed E-state index contributed by atoms with van der Waals surface area (Å²) >= 11 is 0. The van der Waals surface area contributed by atoms with E-state index in [-0.39, 0.29) is 23.2 Å². The minimum Gasteiger partial charge on any atom is -0.493 e. The molecule has 0 radical (unpaired) electrons. The van der Waals surface area contributed by atoms with Gasteiger partial charge in [-0.2, -0.15) is 0 Å². The number of aromatic amines is 1. The Balaban J connectivity index is 1.24. The number of likely N-dealkylation sites (tertiary alicyclic amines) is 1. The van der Waals surface area contributed by atoms with Crippen molar-refractivity contribution in [3.8, 4) is 28.5 Å². The molecule has 0 spiro atoms. The van der Waals surface area contributed by atoms with Gasteiger partial charge in [0.15, 0.2) is 23.1 Å². The first-order valence-corrected chi connectivity index (χ1v) is 17.7. The first-order valence-electron chi connectivity index (χ1n) is 17.7. The molecule has 3 aromatic carbocycles. The number of fused-ring (bicyclic) bond motifs is 2. The number of methoxy groups -OCH3 is 3. The third-order valence-corrected chi connectivity index (χ3v) is 10.7. The SMILES string of the molecule is COc1cc(/C=C2/CC(C(C)(C)C)Cc3c2nc2ccccc2c3C(=O)N2CCC(c3ncc(-c4ccc(F)c(F)c4)[nH]3)CC2)cc(OC)c1OC. The molecule has 1 amide bonds.